The van der Waals surface area contributed by atoms with Gasteiger partial charge in [-0.1, -0.05) is 30.3 Å². The molecule has 4 rings (SSSR count). The SMILES string of the molecule is CN1CCC(OC(=O)N2C[C@H](CCc3ccccc3)C[C@H]2C(=O)N[C@H](C#N)C[C@@H]2CCNC2=O)CC1. The van der Waals surface area contributed by atoms with Crippen LogP contribution in [0.3, 0.4) is 0 Å². The highest BCUT2D eigenvalue weighted by molar-refractivity contribution is 5.87. The first kappa shape index (κ1) is 26.0. The third-order valence-corrected chi connectivity index (χ3v) is 7.70. The molecule has 0 bridgehead atoms. The third kappa shape index (κ3) is 6.76. The Hall–Kier alpha value is -3.12. The number of hydrogen-bond acceptors (Lipinski definition) is 6. The van der Waals surface area contributed by atoms with Gasteiger partial charge in [-0.05, 0) is 63.5 Å². The Kier molecular flexibility index (Phi) is 8.81. The number of ether oxygens (including phenoxy) is 1. The summed E-state index contributed by atoms with van der Waals surface area (Å²) in [5.41, 5.74) is 1.23. The summed E-state index contributed by atoms with van der Waals surface area (Å²) in [5, 5.41) is 15.2. The predicted molar refractivity (Wildman–Crippen MR) is 134 cm³/mol. The molecule has 1 aromatic carbocycles. The highest BCUT2D eigenvalue weighted by atomic mass is 16.6. The Morgan fingerprint density at radius 2 is 1.97 bits per heavy atom. The van der Waals surface area contributed by atoms with Gasteiger partial charge in [0.1, 0.15) is 18.2 Å². The number of likely N-dealkylation sites (tertiary alicyclic amines) is 2. The molecule has 0 aromatic heterocycles. The molecule has 194 valence electrons. The van der Waals surface area contributed by atoms with Gasteiger partial charge >= 0.3 is 6.09 Å². The number of carbonyl (C=O) groups excluding carboxylic acids is 3. The summed E-state index contributed by atoms with van der Waals surface area (Å²) in [7, 11) is 2.05. The molecule has 36 heavy (non-hydrogen) atoms. The fourth-order valence-electron chi connectivity index (χ4n) is 5.48. The van der Waals surface area contributed by atoms with Gasteiger partial charge < -0.3 is 20.3 Å². The number of nitriles is 1. The van der Waals surface area contributed by atoms with Crippen molar-refractivity contribution in [3.8, 4) is 6.07 Å². The van der Waals surface area contributed by atoms with Gasteiger partial charge in [-0.3, -0.25) is 14.5 Å². The first-order chi connectivity index (χ1) is 17.4. The number of piperidine rings is 1. The molecular weight excluding hydrogens is 458 g/mol. The molecule has 4 atom stereocenters. The molecule has 3 aliphatic heterocycles. The van der Waals surface area contributed by atoms with E-state index in [1.807, 2.05) is 18.2 Å². The lowest BCUT2D eigenvalue weighted by Gasteiger charge is -2.31. The number of aryl methyl sites for hydroxylation is 1. The molecule has 0 spiro atoms. The van der Waals surface area contributed by atoms with Crippen LogP contribution in [-0.2, 0) is 20.7 Å². The monoisotopic (exact) mass is 495 g/mol. The summed E-state index contributed by atoms with van der Waals surface area (Å²) in [6, 6.07) is 10.8. The van der Waals surface area contributed by atoms with E-state index in [2.05, 4.69) is 40.8 Å². The van der Waals surface area contributed by atoms with Crippen molar-refractivity contribution in [2.24, 2.45) is 11.8 Å². The second kappa shape index (κ2) is 12.2. The maximum absolute atomic E-state index is 13.3. The molecule has 0 aliphatic carbocycles. The molecular formula is C27H37N5O4. The Bertz CT molecular complexity index is 957. The van der Waals surface area contributed by atoms with Crippen molar-refractivity contribution in [1.29, 1.82) is 5.26 Å². The van der Waals surface area contributed by atoms with Crippen molar-refractivity contribution in [3.05, 3.63) is 35.9 Å². The Balaban J connectivity index is 1.40. The standard InChI is InChI=1S/C27H37N5O4/c1-31-13-10-23(11-14-31)36-27(35)32-18-20(8-7-19-5-3-2-4-6-19)15-24(32)26(34)30-22(17-28)16-21-9-12-29-25(21)33/h2-6,20-24H,7-16,18H2,1H3,(H,29,33)(H,30,34)/t20-,21+,22+,24+/m1/s1. The number of rotatable bonds is 8. The van der Waals surface area contributed by atoms with Crippen LogP contribution in [0.2, 0.25) is 0 Å². The minimum absolute atomic E-state index is 0.0744. The number of amides is 3. The molecule has 3 aliphatic rings. The Morgan fingerprint density at radius 3 is 2.64 bits per heavy atom. The summed E-state index contributed by atoms with van der Waals surface area (Å²) in [6.45, 7) is 2.80. The van der Waals surface area contributed by atoms with E-state index >= 15 is 0 Å². The van der Waals surface area contributed by atoms with Crippen LogP contribution < -0.4 is 10.6 Å². The van der Waals surface area contributed by atoms with Crippen LogP contribution in [-0.4, -0.2) is 79.1 Å². The van der Waals surface area contributed by atoms with E-state index in [1.54, 1.807) is 4.90 Å². The molecule has 3 fully saturated rings. The first-order valence-electron chi connectivity index (χ1n) is 13.1. The maximum atomic E-state index is 13.3. The molecule has 3 amide bonds. The first-order valence-corrected chi connectivity index (χ1v) is 13.1. The van der Waals surface area contributed by atoms with Crippen molar-refractivity contribution in [2.75, 3.05) is 33.2 Å². The average molecular weight is 496 g/mol. The van der Waals surface area contributed by atoms with E-state index in [0.29, 0.717) is 25.9 Å². The quantitative estimate of drug-likeness (QED) is 0.571. The molecule has 2 N–H and O–H groups in total. The van der Waals surface area contributed by atoms with Gasteiger partial charge in [-0.25, -0.2) is 4.79 Å². The van der Waals surface area contributed by atoms with E-state index in [1.165, 1.54) is 5.56 Å². The molecule has 0 radical (unpaired) electrons. The number of carbonyl (C=O) groups is 3. The van der Waals surface area contributed by atoms with Crippen molar-refractivity contribution in [1.82, 2.24) is 20.4 Å². The van der Waals surface area contributed by atoms with Crippen LogP contribution in [0.4, 0.5) is 4.79 Å². The number of benzene rings is 1. The van der Waals surface area contributed by atoms with Crippen LogP contribution in [0.1, 0.15) is 44.1 Å². The molecule has 9 nitrogen and oxygen atoms in total. The Labute approximate surface area is 213 Å². The van der Waals surface area contributed by atoms with E-state index in [4.69, 9.17) is 4.74 Å². The molecule has 3 heterocycles. The largest absolute Gasteiger partial charge is 0.446 e. The summed E-state index contributed by atoms with van der Waals surface area (Å²) in [6.07, 6.45) is 4.16. The number of nitrogens with one attached hydrogen (secondary N) is 2. The van der Waals surface area contributed by atoms with Crippen molar-refractivity contribution in [2.45, 2.75) is 63.1 Å². The third-order valence-electron chi connectivity index (χ3n) is 7.70. The number of hydrogen-bond donors (Lipinski definition) is 2. The molecule has 0 unspecified atom stereocenters. The lowest BCUT2D eigenvalue weighted by molar-refractivity contribution is -0.126. The van der Waals surface area contributed by atoms with Crippen LogP contribution in [0.15, 0.2) is 30.3 Å². The summed E-state index contributed by atoms with van der Waals surface area (Å²) in [4.78, 5) is 42.2. The minimum Gasteiger partial charge on any atom is -0.446 e. The van der Waals surface area contributed by atoms with E-state index in [9.17, 15) is 19.6 Å². The second-order valence-electron chi connectivity index (χ2n) is 10.4. The van der Waals surface area contributed by atoms with Crippen molar-refractivity contribution >= 4 is 17.9 Å². The van der Waals surface area contributed by atoms with Crippen LogP contribution in [0.25, 0.3) is 0 Å². The van der Waals surface area contributed by atoms with E-state index in [0.717, 1.165) is 38.8 Å². The van der Waals surface area contributed by atoms with Gasteiger partial charge in [-0.15, -0.1) is 0 Å². The molecule has 0 saturated carbocycles. The lowest BCUT2D eigenvalue weighted by Crippen LogP contribution is -2.50. The smallest absolute Gasteiger partial charge is 0.410 e. The van der Waals surface area contributed by atoms with Gasteiger partial charge in [0.05, 0.1) is 6.07 Å². The van der Waals surface area contributed by atoms with E-state index < -0.39 is 18.2 Å². The molecule has 3 saturated heterocycles. The van der Waals surface area contributed by atoms with Crippen LogP contribution in [0, 0.1) is 23.2 Å². The molecule has 9 heteroatoms. The zero-order valence-corrected chi connectivity index (χ0v) is 21.0. The lowest BCUT2D eigenvalue weighted by atomic mass is 9.96. The zero-order valence-electron chi connectivity index (χ0n) is 21.0. The van der Waals surface area contributed by atoms with Crippen LogP contribution >= 0.6 is 0 Å². The highest BCUT2D eigenvalue weighted by Crippen LogP contribution is 2.29. The Morgan fingerprint density at radius 1 is 1.22 bits per heavy atom. The van der Waals surface area contributed by atoms with Crippen molar-refractivity contribution < 1.29 is 19.1 Å². The predicted octanol–water partition coefficient (Wildman–Crippen LogP) is 2.08. The minimum atomic E-state index is -0.776. The fraction of sp³-hybridized carbons (Fsp3) is 0.630. The van der Waals surface area contributed by atoms with Gasteiger partial charge in [0.25, 0.3) is 0 Å². The topological polar surface area (TPSA) is 115 Å². The summed E-state index contributed by atoms with van der Waals surface area (Å²) in [5.74, 6) is -0.535. The number of nitrogens with zero attached hydrogens (tertiary/aromatic N) is 3. The van der Waals surface area contributed by atoms with Gasteiger partial charge in [0, 0.05) is 32.1 Å². The normalized spacial score (nSPS) is 25.7. The van der Waals surface area contributed by atoms with Gasteiger partial charge in [0.15, 0.2) is 0 Å². The maximum Gasteiger partial charge on any atom is 0.410 e. The van der Waals surface area contributed by atoms with Crippen molar-refractivity contribution in [3.63, 3.8) is 0 Å². The summed E-state index contributed by atoms with van der Waals surface area (Å²) < 4.78 is 5.83. The second-order valence-corrected chi connectivity index (χ2v) is 10.4. The highest BCUT2D eigenvalue weighted by Gasteiger charge is 2.42. The van der Waals surface area contributed by atoms with Gasteiger partial charge in [-0.2, -0.15) is 5.26 Å². The van der Waals surface area contributed by atoms with Gasteiger partial charge in [0.2, 0.25) is 11.8 Å². The van der Waals surface area contributed by atoms with E-state index in [-0.39, 0.29) is 36.2 Å². The van der Waals surface area contributed by atoms with Crippen LogP contribution in [0.5, 0.6) is 0 Å². The zero-order chi connectivity index (χ0) is 25.5. The average Bonchev–Trinajstić information content (AvgIpc) is 3.50. The fourth-order valence-corrected chi connectivity index (χ4v) is 5.48. The molecule has 1 aromatic rings. The summed E-state index contributed by atoms with van der Waals surface area (Å²) >= 11 is 0.